The summed E-state index contributed by atoms with van der Waals surface area (Å²) < 4.78 is 13.1. The molecule has 1 aromatic rings. The van der Waals surface area contributed by atoms with Crippen LogP contribution in [0.5, 0.6) is 0 Å². The zero-order valence-corrected chi connectivity index (χ0v) is 14.5. The third kappa shape index (κ3) is 4.55. The van der Waals surface area contributed by atoms with Crippen molar-refractivity contribution in [2.45, 2.75) is 51.1 Å². The maximum atomic E-state index is 6.27. The van der Waals surface area contributed by atoms with Crippen molar-refractivity contribution >= 4 is 31.9 Å². The predicted octanol–water partition coefficient (Wildman–Crippen LogP) is 4.86. The molecule has 3 unspecified atom stereocenters. The molecule has 106 valence electrons. The van der Waals surface area contributed by atoms with Crippen LogP contribution in [0.4, 0.5) is 0 Å². The van der Waals surface area contributed by atoms with E-state index < -0.39 is 0 Å². The van der Waals surface area contributed by atoms with E-state index in [-0.39, 0.29) is 24.4 Å². The predicted molar refractivity (Wildman–Crippen MR) is 84.8 cm³/mol. The van der Waals surface area contributed by atoms with Crippen LogP contribution in [0.1, 0.15) is 38.4 Å². The van der Waals surface area contributed by atoms with Crippen LogP contribution in [-0.4, -0.2) is 23.6 Å². The van der Waals surface area contributed by atoms with Crippen LogP contribution >= 0.6 is 31.9 Å². The Morgan fingerprint density at radius 1 is 1.32 bits per heavy atom. The summed E-state index contributed by atoms with van der Waals surface area (Å²) in [4.78, 5) is 0. The Morgan fingerprint density at radius 3 is 2.58 bits per heavy atom. The number of halogens is 2. The van der Waals surface area contributed by atoms with E-state index in [9.17, 15) is 0 Å². The maximum absolute atomic E-state index is 6.27. The Bertz CT molecular complexity index is 401. The van der Waals surface area contributed by atoms with Gasteiger partial charge in [0.05, 0.1) is 24.4 Å². The minimum Gasteiger partial charge on any atom is -0.375 e. The number of hydrogen-bond acceptors (Lipinski definition) is 2. The summed E-state index contributed by atoms with van der Waals surface area (Å²) in [6.07, 6.45) is 2.89. The third-order valence-electron chi connectivity index (χ3n) is 3.37. The van der Waals surface area contributed by atoms with Crippen molar-refractivity contribution in [3.05, 3.63) is 34.3 Å². The molecule has 0 spiro atoms. The molecule has 1 aliphatic rings. The van der Waals surface area contributed by atoms with Gasteiger partial charge in [-0.25, -0.2) is 0 Å². The van der Waals surface area contributed by atoms with Gasteiger partial charge in [0, 0.05) is 9.80 Å². The molecule has 1 aromatic carbocycles. The summed E-state index contributed by atoms with van der Waals surface area (Å²) in [7, 11) is 0. The lowest BCUT2D eigenvalue weighted by atomic mass is 10.0. The first-order valence-electron chi connectivity index (χ1n) is 6.71. The molecule has 0 bridgehead atoms. The lowest BCUT2D eigenvalue weighted by Crippen LogP contribution is -2.35. The highest BCUT2D eigenvalue weighted by Gasteiger charge is 2.27. The third-order valence-corrected chi connectivity index (χ3v) is 4.45. The second kappa shape index (κ2) is 7.21. The molecule has 4 heteroatoms. The minimum absolute atomic E-state index is 0.0972. The summed E-state index contributed by atoms with van der Waals surface area (Å²) in [5.74, 6) is 0. The fourth-order valence-electron chi connectivity index (χ4n) is 2.60. The van der Waals surface area contributed by atoms with Gasteiger partial charge in [0.1, 0.15) is 0 Å². The van der Waals surface area contributed by atoms with E-state index in [0.717, 1.165) is 22.6 Å². The maximum Gasteiger partial charge on any atom is 0.0925 e. The van der Waals surface area contributed by atoms with Gasteiger partial charge in [-0.2, -0.15) is 0 Å². The van der Waals surface area contributed by atoms with Gasteiger partial charge in [0.2, 0.25) is 0 Å². The average Bonchev–Trinajstić information content (AvgIpc) is 2.34. The molecule has 3 atom stereocenters. The molecule has 1 saturated heterocycles. The Kier molecular flexibility index (Phi) is 5.87. The summed E-state index contributed by atoms with van der Waals surface area (Å²) in [6, 6.07) is 8.32. The van der Waals surface area contributed by atoms with Crippen LogP contribution in [-0.2, 0) is 9.47 Å². The van der Waals surface area contributed by atoms with Gasteiger partial charge in [-0.1, -0.05) is 44.0 Å². The Balaban J connectivity index is 2.02. The summed E-state index contributed by atoms with van der Waals surface area (Å²) in [6.45, 7) is 4.24. The molecule has 0 aromatic heterocycles. The molecule has 2 nitrogen and oxygen atoms in total. The van der Waals surface area contributed by atoms with Gasteiger partial charge >= 0.3 is 0 Å². The number of benzene rings is 1. The second-order valence-electron chi connectivity index (χ2n) is 5.18. The molecule has 1 fully saturated rings. The van der Waals surface area contributed by atoms with E-state index in [4.69, 9.17) is 9.47 Å². The average molecular weight is 392 g/mol. The van der Waals surface area contributed by atoms with Crippen LogP contribution in [0.25, 0.3) is 0 Å². The van der Waals surface area contributed by atoms with Gasteiger partial charge in [-0.05, 0) is 44.4 Å². The molecule has 1 heterocycles. The van der Waals surface area contributed by atoms with E-state index in [1.807, 2.05) is 12.1 Å². The van der Waals surface area contributed by atoms with Crippen LogP contribution in [0, 0.1) is 0 Å². The molecular formula is C15H20Br2O2. The monoisotopic (exact) mass is 390 g/mol. The molecule has 0 N–H and O–H groups in total. The molecule has 2 rings (SSSR count). The Hall–Kier alpha value is 0.1000. The van der Waals surface area contributed by atoms with E-state index >= 15 is 0 Å². The van der Waals surface area contributed by atoms with E-state index in [2.05, 4.69) is 57.8 Å². The van der Waals surface area contributed by atoms with Crippen molar-refractivity contribution in [2.75, 3.05) is 5.33 Å². The molecule has 0 aliphatic carbocycles. The largest absolute Gasteiger partial charge is 0.375 e. The number of alkyl halides is 1. The van der Waals surface area contributed by atoms with Gasteiger partial charge < -0.3 is 9.47 Å². The number of rotatable bonds is 4. The van der Waals surface area contributed by atoms with Crippen molar-refractivity contribution in [3.8, 4) is 0 Å². The highest BCUT2D eigenvalue weighted by Crippen LogP contribution is 2.29. The second-order valence-corrected chi connectivity index (χ2v) is 6.75. The van der Waals surface area contributed by atoms with Gasteiger partial charge in [0.25, 0.3) is 0 Å². The van der Waals surface area contributed by atoms with Crippen molar-refractivity contribution in [1.82, 2.24) is 0 Å². The lowest BCUT2D eigenvalue weighted by Gasteiger charge is -2.34. The minimum atomic E-state index is 0.0972. The van der Waals surface area contributed by atoms with E-state index in [1.54, 1.807) is 0 Å². The highest BCUT2D eigenvalue weighted by atomic mass is 79.9. The highest BCUT2D eigenvalue weighted by molar-refractivity contribution is 9.10. The van der Waals surface area contributed by atoms with Crippen LogP contribution < -0.4 is 0 Å². The van der Waals surface area contributed by atoms with Crippen LogP contribution in [0.2, 0.25) is 0 Å². The van der Waals surface area contributed by atoms with Crippen molar-refractivity contribution < 1.29 is 9.47 Å². The summed E-state index contributed by atoms with van der Waals surface area (Å²) in [5, 5.41) is 0.809. The van der Waals surface area contributed by atoms with Crippen molar-refractivity contribution in [1.29, 1.82) is 0 Å². The summed E-state index contributed by atoms with van der Waals surface area (Å²) in [5.41, 5.74) is 1.21. The first-order valence-corrected chi connectivity index (χ1v) is 8.62. The molecule has 0 amide bonds. The fraction of sp³-hybridized carbons (Fsp3) is 0.600. The van der Waals surface area contributed by atoms with E-state index in [1.165, 1.54) is 5.56 Å². The van der Waals surface area contributed by atoms with Gasteiger partial charge in [-0.3, -0.25) is 0 Å². The fourth-order valence-corrected chi connectivity index (χ4v) is 3.54. The molecule has 1 aliphatic heterocycles. The van der Waals surface area contributed by atoms with Crippen LogP contribution in [0.15, 0.2) is 28.7 Å². The normalized spacial score (nSPS) is 29.2. The number of hydrogen-bond donors (Lipinski definition) is 0. The topological polar surface area (TPSA) is 18.5 Å². The van der Waals surface area contributed by atoms with Crippen molar-refractivity contribution in [2.24, 2.45) is 0 Å². The van der Waals surface area contributed by atoms with Crippen LogP contribution in [0.3, 0.4) is 0 Å². The molecule has 0 radical (unpaired) electrons. The lowest BCUT2D eigenvalue weighted by molar-refractivity contribution is -0.118. The number of ether oxygens (including phenoxy) is 2. The zero-order valence-electron chi connectivity index (χ0n) is 11.3. The molecular weight excluding hydrogens is 372 g/mol. The standard InChI is InChI=1S/C15H20Br2O2/c1-10-6-14(7-11(2)18-10)19-15(9-16)12-4-3-5-13(17)8-12/h3-5,8,10-11,14-15H,6-7,9H2,1-2H3. The molecule has 19 heavy (non-hydrogen) atoms. The smallest absolute Gasteiger partial charge is 0.0925 e. The Labute approximate surface area is 132 Å². The Morgan fingerprint density at radius 2 is 2.00 bits per heavy atom. The SMILES string of the molecule is CC1CC(OC(CBr)c2cccc(Br)c2)CC(C)O1. The van der Waals surface area contributed by atoms with E-state index in [0.29, 0.717) is 0 Å². The first kappa shape index (κ1) is 15.5. The first-order chi connectivity index (χ1) is 9.08. The van der Waals surface area contributed by atoms with Gasteiger partial charge in [-0.15, -0.1) is 0 Å². The zero-order chi connectivity index (χ0) is 13.8. The van der Waals surface area contributed by atoms with Gasteiger partial charge in [0.15, 0.2) is 0 Å². The van der Waals surface area contributed by atoms with Crippen molar-refractivity contribution in [3.63, 3.8) is 0 Å². The molecule has 0 saturated carbocycles. The summed E-state index contributed by atoms with van der Waals surface area (Å²) >= 11 is 7.08. The quantitative estimate of drug-likeness (QED) is 0.682.